The van der Waals surface area contributed by atoms with E-state index in [4.69, 9.17) is 5.10 Å². The van der Waals surface area contributed by atoms with Crippen LogP contribution in [-0.2, 0) is 21.5 Å². The van der Waals surface area contributed by atoms with E-state index in [1.54, 1.807) is 9.58 Å². The summed E-state index contributed by atoms with van der Waals surface area (Å²) in [6.07, 6.45) is 3.33. The van der Waals surface area contributed by atoms with Crippen LogP contribution in [0.5, 0.6) is 0 Å². The third-order valence-electron chi connectivity index (χ3n) is 5.92. The summed E-state index contributed by atoms with van der Waals surface area (Å²) in [6, 6.07) is 19.7. The Morgan fingerprint density at radius 2 is 1.69 bits per heavy atom. The zero-order valence-electron chi connectivity index (χ0n) is 21.7. The number of benzene rings is 2. The molecule has 0 unspecified atom stereocenters. The Balaban J connectivity index is 1.82. The fourth-order valence-electron chi connectivity index (χ4n) is 3.80. The van der Waals surface area contributed by atoms with Crippen molar-refractivity contribution in [2.75, 3.05) is 11.9 Å². The highest BCUT2D eigenvalue weighted by atomic mass is 16.2. The molecule has 6 heteroatoms. The molecule has 186 valence electrons. The van der Waals surface area contributed by atoms with E-state index in [9.17, 15) is 9.59 Å². The first-order valence-corrected chi connectivity index (χ1v) is 12.5. The molecule has 1 heterocycles. The summed E-state index contributed by atoms with van der Waals surface area (Å²) in [5.74, 6) is 0.361. The molecule has 0 fully saturated rings. The lowest BCUT2D eigenvalue weighted by atomic mass is 9.92. The molecule has 6 nitrogen and oxygen atoms in total. The molecule has 2 amide bonds. The van der Waals surface area contributed by atoms with E-state index in [0.29, 0.717) is 18.8 Å². The van der Waals surface area contributed by atoms with E-state index in [0.717, 1.165) is 41.8 Å². The highest BCUT2D eigenvalue weighted by molar-refractivity contribution is 5.94. The topological polar surface area (TPSA) is 67.2 Å². The second kappa shape index (κ2) is 11.8. The number of anilines is 1. The van der Waals surface area contributed by atoms with Gasteiger partial charge in [-0.15, -0.1) is 0 Å². The zero-order valence-corrected chi connectivity index (χ0v) is 21.7. The zero-order chi connectivity index (χ0) is 25.4. The van der Waals surface area contributed by atoms with Gasteiger partial charge >= 0.3 is 0 Å². The minimum absolute atomic E-state index is 0.000115. The highest BCUT2D eigenvalue weighted by Crippen LogP contribution is 2.26. The number of aromatic nitrogens is 2. The SMILES string of the molecule is CCCCCC(=O)N(CC(=O)Nc1cc(C(C)(C)C)nn1-c1ccc(C)cc1)Cc1ccccc1. The molecule has 0 aliphatic carbocycles. The Kier molecular flexibility index (Phi) is 8.85. The Morgan fingerprint density at radius 3 is 2.31 bits per heavy atom. The third-order valence-corrected chi connectivity index (χ3v) is 5.92. The molecular formula is C29H38N4O2. The van der Waals surface area contributed by atoms with Crippen molar-refractivity contribution in [3.63, 3.8) is 0 Å². The minimum Gasteiger partial charge on any atom is -0.329 e. The van der Waals surface area contributed by atoms with E-state index in [-0.39, 0.29) is 23.8 Å². The number of amides is 2. The maximum Gasteiger partial charge on any atom is 0.245 e. The quantitative estimate of drug-likeness (QED) is 0.365. The van der Waals surface area contributed by atoms with Crippen molar-refractivity contribution < 1.29 is 9.59 Å². The van der Waals surface area contributed by atoms with Crippen molar-refractivity contribution >= 4 is 17.6 Å². The fraction of sp³-hybridized carbons (Fsp3) is 0.414. The average Bonchev–Trinajstić information content (AvgIpc) is 3.24. The van der Waals surface area contributed by atoms with E-state index in [1.165, 1.54) is 0 Å². The van der Waals surface area contributed by atoms with Crippen molar-refractivity contribution in [1.29, 1.82) is 0 Å². The maximum atomic E-state index is 13.2. The van der Waals surface area contributed by atoms with Crippen LogP contribution in [0.25, 0.3) is 5.69 Å². The van der Waals surface area contributed by atoms with Gasteiger partial charge in [0.15, 0.2) is 0 Å². The van der Waals surface area contributed by atoms with Crippen molar-refractivity contribution in [3.8, 4) is 5.69 Å². The number of carbonyl (C=O) groups is 2. The predicted octanol–water partition coefficient (Wildman–Crippen LogP) is 6.03. The van der Waals surface area contributed by atoms with Gasteiger partial charge < -0.3 is 10.2 Å². The lowest BCUT2D eigenvalue weighted by Crippen LogP contribution is -2.37. The van der Waals surface area contributed by atoms with Gasteiger partial charge in [-0.1, -0.05) is 88.6 Å². The lowest BCUT2D eigenvalue weighted by molar-refractivity contribution is -0.135. The number of carbonyl (C=O) groups excluding carboxylic acids is 2. The molecule has 0 spiro atoms. The molecule has 35 heavy (non-hydrogen) atoms. The number of hydrogen-bond donors (Lipinski definition) is 1. The van der Waals surface area contributed by atoms with Crippen LogP contribution in [0, 0.1) is 6.92 Å². The van der Waals surface area contributed by atoms with Gasteiger partial charge in [0.2, 0.25) is 11.8 Å². The van der Waals surface area contributed by atoms with Crippen LogP contribution in [0.3, 0.4) is 0 Å². The Morgan fingerprint density at radius 1 is 1.00 bits per heavy atom. The van der Waals surface area contributed by atoms with Crippen molar-refractivity contribution in [1.82, 2.24) is 14.7 Å². The monoisotopic (exact) mass is 474 g/mol. The van der Waals surface area contributed by atoms with Crippen LogP contribution in [-0.4, -0.2) is 33.0 Å². The number of nitrogens with zero attached hydrogens (tertiary/aromatic N) is 3. The summed E-state index contributed by atoms with van der Waals surface area (Å²) in [6.45, 7) is 10.8. The molecule has 1 N–H and O–H groups in total. The first-order chi connectivity index (χ1) is 16.7. The largest absolute Gasteiger partial charge is 0.329 e. The Bertz CT molecular complexity index is 1110. The summed E-state index contributed by atoms with van der Waals surface area (Å²) in [7, 11) is 0. The molecular weight excluding hydrogens is 436 g/mol. The normalized spacial score (nSPS) is 11.3. The molecule has 0 saturated carbocycles. The van der Waals surface area contributed by atoms with Crippen LogP contribution in [0.4, 0.5) is 5.82 Å². The minimum atomic E-state index is -0.238. The van der Waals surface area contributed by atoms with Crippen LogP contribution >= 0.6 is 0 Å². The van der Waals surface area contributed by atoms with Crippen molar-refractivity contribution in [2.24, 2.45) is 0 Å². The second-order valence-corrected chi connectivity index (χ2v) is 10.2. The van der Waals surface area contributed by atoms with E-state index < -0.39 is 0 Å². The molecule has 0 bridgehead atoms. The van der Waals surface area contributed by atoms with Gasteiger partial charge in [-0.3, -0.25) is 9.59 Å². The van der Waals surface area contributed by atoms with Crippen LogP contribution in [0.15, 0.2) is 60.7 Å². The Hall–Kier alpha value is -3.41. The van der Waals surface area contributed by atoms with Crippen molar-refractivity contribution in [3.05, 3.63) is 77.5 Å². The molecule has 2 aromatic carbocycles. The van der Waals surface area contributed by atoms with Crippen LogP contribution < -0.4 is 5.32 Å². The summed E-state index contributed by atoms with van der Waals surface area (Å²) in [4.78, 5) is 27.8. The smallest absolute Gasteiger partial charge is 0.245 e. The summed E-state index contributed by atoms with van der Waals surface area (Å²) < 4.78 is 1.77. The molecule has 1 aromatic heterocycles. The molecule has 0 aliphatic heterocycles. The molecule has 0 atom stereocenters. The molecule has 0 saturated heterocycles. The van der Waals surface area contributed by atoms with E-state index >= 15 is 0 Å². The van der Waals surface area contributed by atoms with Crippen LogP contribution in [0.2, 0.25) is 0 Å². The van der Waals surface area contributed by atoms with Gasteiger partial charge in [0.25, 0.3) is 0 Å². The lowest BCUT2D eigenvalue weighted by Gasteiger charge is -2.22. The van der Waals surface area contributed by atoms with Gasteiger partial charge in [0.05, 0.1) is 11.4 Å². The standard InChI is InChI=1S/C29H38N4O2/c1-6-7-9-14-28(35)32(20-23-12-10-8-11-13-23)21-27(34)30-26-19-25(29(3,4)5)31-33(26)24-17-15-22(2)16-18-24/h8,10-13,15-19H,6-7,9,14,20-21H2,1-5H3,(H,30,34). The molecule has 0 radical (unpaired) electrons. The first kappa shape index (κ1) is 26.2. The van der Waals surface area contributed by atoms with Gasteiger partial charge in [0.1, 0.15) is 12.4 Å². The van der Waals surface area contributed by atoms with E-state index in [2.05, 4.69) is 33.0 Å². The first-order valence-electron chi connectivity index (χ1n) is 12.5. The summed E-state index contributed by atoms with van der Waals surface area (Å²) in [5.41, 5.74) is 3.73. The second-order valence-electron chi connectivity index (χ2n) is 10.2. The van der Waals surface area contributed by atoms with E-state index in [1.807, 2.05) is 67.6 Å². The molecule has 3 rings (SSSR count). The van der Waals surface area contributed by atoms with Gasteiger partial charge in [-0.05, 0) is 31.0 Å². The number of rotatable bonds is 10. The van der Waals surface area contributed by atoms with Crippen LogP contribution in [0.1, 0.15) is 70.2 Å². The summed E-state index contributed by atoms with van der Waals surface area (Å²) >= 11 is 0. The molecule has 3 aromatic rings. The number of hydrogen-bond acceptors (Lipinski definition) is 3. The predicted molar refractivity (Wildman–Crippen MR) is 142 cm³/mol. The number of aryl methyl sites for hydroxylation is 1. The summed E-state index contributed by atoms with van der Waals surface area (Å²) in [5, 5.41) is 7.81. The van der Waals surface area contributed by atoms with Gasteiger partial charge in [-0.25, -0.2) is 4.68 Å². The maximum absolute atomic E-state index is 13.2. The third kappa shape index (κ3) is 7.54. The Labute approximate surface area is 209 Å². The van der Waals surface area contributed by atoms with Gasteiger partial charge in [-0.2, -0.15) is 5.10 Å². The van der Waals surface area contributed by atoms with Crippen molar-refractivity contribution in [2.45, 2.75) is 72.3 Å². The molecule has 0 aliphatic rings. The highest BCUT2D eigenvalue weighted by Gasteiger charge is 2.23. The average molecular weight is 475 g/mol. The fourth-order valence-corrected chi connectivity index (χ4v) is 3.80. The number of nitrogens with one attached hydrogen (secondary N) is 1. The van der Waals surface area contributed by atoms with Gasteiger partial charge in [0, 0.05) is 24.4 Å². The number of unbranched alkanes of at least 4 members (excludes halogenated alkanes) is 2.